The number of hydrogen-bond donors (Lipinski definition) is 4. The summed E-state index contributed by atoms with van der Waals surface area (Å²) in [7, 11) is -5.19. The fourth-order valence-electron chi connectivity index (χ4n) is 9.31. The SMILES string of the molecule is COc1cccc(Nc2c(C(N)=O)cnc3c(C)cc(S(=O)(=O)c4cccc(C(=O)Nc5ccc(CCOCCCCCCN(C[C@H](O[Si](C)(C)C(C)(C)C)c6ccc(OC(=O)OC(C)(C)C)c7[nH]c(=O)ccc67)C(=O)OC(C)(C)C)cc5)c4)cc23)c1. The number of nitrogens with zero attached hydrogens (tertiary/aromatic N) is 2. The Kier molecular flexibility index (Phi) is 21.2. The third kappa shape index (κ3) is 17.8. The first-order valence-corrected chi connectivity index (χ1v) is 33.4. The molecule has 5 aromatic carbocycles. The fourth-order valence-corrected chi connectivity index (χ4v) is 12.0. The number of aromatic nitrogens is 2. The van der Waals surface area contributed by atoms with Gasteiger partial charge >= 0.3 is 12.2 Å². The summed E-state index contributed by atoms with van der Waals surface area (Å²) in [6.07, 6.45) is 3.12. The predicted molar refractivity (Wildman–Crippen MR) is 341 cm³/mol. The lowest BCUT2D eigenvalue weighted by atomic mass is 10.0. The predicted octanol–water partition coefficient (Wildman–Crippen LogP) is 13.8. The molecule has 1 atom stereocenters. The van der Waals surface area contributed by atoms with Crippen molar-refractivity contribution in [2.45, 2.75) is 147 Å². The highest BCUT2D eigenvalue weighted by Crippen LogP contribution is 2.42. The first-order valence-electron chi connectivity index (χ1n) is 29.0. The summed E-state index contributed by atoms with van der Waals surface area (Å²) in [6.45, 7) is 24.7. The van der Waals surface area contributed by atoms with E-state index < -0.39 is 59.5 Å². The Balaban J connectivity index is 0.933. The molecule has 19 nitrogen and oxygen atoms in total. The number of carbonyl (C=O) groups is 4. The van der Waals surface area contributed by atoms with Gasteiger partial charge in [-0.15, -0.1) is 0 Å². The highest BCUT2D eigenvalue weighted by atomic mass is 32.2. The van der Waals surface area contributed by atoms with Gasteiger partial charge in [-0.3, -0.25) is 19.4 Å². The van der Waals surface area contributed by atoms with Crippen LogP contribution in [0.1, 0.15) is 132 Å². The lowest BCUT2D eigenvalue weighted by Crippen LogP contribution is -2.46. The van der Waals surface area contributed by atoms with E-state index in [0.29, 0.717) is 82.7 Å². The fraction of sp³-hybridized carbons (Fsp3) is 0.394. The second-order valence-electron chi connectivity index (χ2n) is 25.0. The van der Waals surface area contributed by atoms with E-state index >= 15 is 0 Å². The second kappa shape index (κ2) is 27.7. The number of aryl methyl sites for hydroxylation is 1. The minimum Gasteiger partial charge on any atom is -0.497 e. The van der Waals surface area contributed by atoms with Gasteiger partial charge in [-0.1, -0.05) is 63.9 Å². The molecule has 87 heavy (non-hydrogen) atoms. The highest BCUT2D eigenvalue weighted by molar-refractivity contribution is 7.91. The largest absolute Gasteiger partial charge is 0.514 e. The molecule has 0 aliphatic carbocycles. The van der Waals surface area contributed by atoms with Crippen LogP contribution in [-0.4, -0.2) is 100 Å². The third-order valence-corrected chi connectivity index (χ3v) is 21.0. The van der Waals surface area contributed by atoms with E-state index in [2.05, 4.69) is 54.5 Å². The topological polar surface area (TPSA) is 257 Å². The van der Waals surface area contributed by atoms with E-state index in [1.165, 1.54) is 55.8 Å². The number of ether oxygens (including phenoxy) is 5. The maximum atomic E-state index is 14.3. The highest BCUT2D eigenvalue weighted by Gasteiger charge is 2.41. The summed E-state index contributed by atoms with van der Waals surface area (Å²) < 4.78 is 64.2. The van der Waals surface area contributed by atoms with Crippen LogP contribution in [0.15, 0.2) is 130 Å². The van der Waals surface area contributed by atoms with Gasteiger partial charge in [0.15, 0.2) is 14.1 Å². The zero-order valence-electron chi connectivity index (χ0n) is 52.1. The molecule has 0 aliphatic heterocycles. The summed E-state index contributed by atoms with van der Waals surface area (Å²) in [6, 6.07) is 29.6. The van der Waals surface area contributed by atoms with E-state index in [-0.39, 0.29) is 49.5 Å². The van der Waals surface area contributed by atoms with Crippen molar-refractivity contribution in [2.75, 3.05) is 44.0 Å². The number of hydrogen-bond acceptors (Lipinski definition) is 15. The summed E-state index contributed by atoms with van der Waals surface area (Å²) >= 11 is 0. The number of H-pyrrole nitrogens is 1. The van der Waals surface area contributed by atoms with Gasteiger partial charge in [-0.2, -0.15) is 0 Å². The standard InChI is InChI=1S/C66H82N6O13SSi/c1-42-36-49(39-52-57(42)68-40-53(60(67)74)58(52)69-46-21-19-22-47(38-46)80-11)86(78,79)48-23-18-20-44(37-48)61(75)70-45-26-24-43(25-27-45)32-35-81-34-17-15-14-16-33-72(62(76)83-64(2,3)4)41-55(85-87(12,13)66(8,9)10)50-28-30-54(82-63(77)84-65(5,6)7)59-51(50)29-31-56(73)71-59/h18-31,36-40,55H,14-17,32-35,41H2,1-13H3,(H2,67,74)(H,68,69)(H,70,75)(H,71,73)/t55-/m0/s1. The number of anilines is 3. The van der Waals surface area contributed by atoms with E-state index in [4.69, 9.17) is 33.8 Å². The van der Waals surface area contributed by atoms with Crippen molar-refractivity contribution < 1.29 is 55.7 Å². The monoisotopic (exact) mass is 1230 g/mol. The summed E-state index contributed by atoms with van der Waals surface area (Å²) in [5.41, 5.74) is 8.39. The lowest BCUT2D eigenvalue weighted by molar-refractivity contribution is 0.0150. The van der Waals surface area contributed by atoms with Crippen LogP contribution in [0.3, 0.4) is 0 Å². The zero-order valence-corrected chi connectivity index (χ0v) is 53.9. The van der Waals surface area contributed by atoms with Crippen LogP contribution >= 0.6 is 0 Å². The average molecular weight is 1230 g/mol. The van der Waals surface area contributed by atoms with Gasteiger partial charge in [0, 0.05) is 59.2 Å². The molecular weight excluding hydrogens is 1140 g/mol. The number of nitrogens with two attached hydrogens (primary N) is 1. The van der Waals surface area contributed by atoms with Crippen molar-refractivity contribution in [1.82, 2.24) is 14.9 Å². The number of benzene rings is 5. The molecule has 0 saturated carbocycles. The molecule has 7 aromatic rings. The molecule has 2 aromatic heterocycles. The number of unbranched alkanes of at least 4 members (excludes halogenated alkanes) is 3. The van der Waals surface area contributed by atoms with Crippen molar-refractivity contribution in [1.29, 1.82) is 0 Å². The maximum Gasteiger partial charge on any atom is 0.514 e. The molecule has 5 N–H and O–H groups in total. The number of methoxy groups -OCH3 is 1. The van der Waals surface area contributed by atoms with Crippen LogP contribution in [0.25, 0.3) is 21.8 Å². The number of pyridine rings is 2. The molecule has 464 valence electrons. The van der Waals surface area contributed by atoms with E-state index in [1.807, 2.05) is 32.9 Å². The summed E-state index contributed by atoms with van der Waals surface area (Å²) in [5.74, 6) is -0.577. The Morgan fingerprint density at radius 1 is 0.759 bits per heavy atom. The van der Waals surface area contributed by atoms with Gasteiger partial charge < -0.3 is 54.4 Å². The number of carbonyl (C=O) groups excluding carboxylic acids is 4. The number of amides is 3. The molecule has 0 radical (unpaired) electrons. The van der Waals surface area contributed by atoms with Crippen molar-refractivity contribution in [3.8, 4) is 11.5 Å². The Labute approximate surface area is 510 Å². The molecule has 7 rings (SSSR count). The van der Waals surface area contributed by atoms with Crippen LogP contribution < -0.4 is 31.4 Å². The van der Waals surface area contributed by atoms with Gasteiger partial charge in [-0.25, -0.2) is 18.0 Å². The Morgan fingerprint density at radius 3 is 2.14 bits per heavy atom. The van der Waals surface area contributed by atoms with Gasteiger partial charge in [0.05, 0.1) is 58.4 Å². The quantitative estimate of drug-likeness (QED) is 0.0190. The molecule has 0 saturated heterocycles. The number of fused-ring (bicyclic) bond motifs is 2. The molecule has 0 spiro atoms. The molecule has 21 heteroatoms. The van der Waals surface area contributed by atoms with Gasteiger partial charge in [0.25, 0.3) is 11.8 Å². The first-order chi connectivity index (χ1) is 40.8. The molecule has 0 fully saturated rings. The van der Waals surface area contributed by atoms with Gasteiger partial charge in [0.1, 0.15) is 17.0 Å². The molecule has 2 heterocycles. The van der Waals surface area contributed by atoms with Crippen LogP contribution in [0.4, 0.5) is 26.7 Å². The molecule has 0 unspecified atom stereocenters. The average Bonchev–Trinajstić information content (AvgIpc) is 0.914. The lowest BCUT2D eigenvalue weighted by Gasteiger charge is -2.41. The first kappa shape index (κ1) is 66.4. The second-order valence-corrected chi connectivity index (χ2v) is 31.7. The number of rotatable bonds is 24. The van der Waals surface area contributed by atoms with Crippen molar-refractivity contribution in [3.63, 3.8) is 0 Å². The van der Waals surface area contributed by atoms with Crippen LogP contribution in [0.2, 0.25) is 18.1 Å². The number of sulfone groups is 1. The molecule has 0 bridgehead atoms. The van der Waals surface area contributed by atoms with Crippen LogP contribution in [-0.2, 0) is 34.9 Å². The van der Waals surface area contributed by atoms with Crippen molar-refractivity contribution >= 4 is 81.1 Å². The van der Waals surface area contributed by atoms with E-state index in [0.717, 1.165) is 24.8 Å². The Hall–Kier alpha value is -8.11. The summed E-state index contributed by atoms with van der Waals surface area (Å²) in [4.78, 5) is 74.6. The van der Waals surface area contributed by atoms with Crippen molar-refractivity contribution in [3.05, 3.63) is 154 Å². The van der Waals surface area contributed by atoms with Crippen molar-refractivity contribution in [2.24, 2.45) is 5.73 Å². The molecular formula is C66H82N6O13SSi. The Bertz CT molecular complexity index is 3810. The molecule has 0 aliphatic rings. The number of primary amides is 1. The zero-order chi connectivity index (χ0) is 63.6. The van der Waals surface area contributed by atoms with Crippen LogP contribution in [0.5, 0.6) is 11.5 Å². The van der Waals surface area contributed by atoms with E-state index in [1.54, 1.807) is 87.2 Å². The van der Waals surface area contributed by atoms with Gasteiger partial charge in [0.2, 0.25) is 15.4 Å². The van der Waals surface area contributed by atoms with Crippen LogP contribution in [0, 0.1) is 6.92 Å². The smallest absolute Gasteiger partial charge is 0.497 e. The van der Waals surface area contributed by atoms with Gasteiger partial charge in [-0.05, 0) is 169 Å². The maximum absolute atomic E-state index is 14.3. The minimum atomic E-state index is -4.21. The third-order valence-electron chi connectivity index (χ3n) is 14.8. The Morgan fingerprint density at radius 2 is 1.46 bits per heavy atom. The number of aromatic amines is 1. The molecule has 3 amide bonds. The van der Waals surface area contributed by atoms with E-state index in [9.17, 15) is 32.4 Å². The number of nitrogens with one attached hydrogen (secondary N) is 3. The minimum absolute atomic E-state index is 0.0623. The summed E-state index contributed by atoms with van der Waals surface area (Å²) in [5, 5.41) is 6.85. The normalized spacial score (nSPS) is 12.6.